The van der Waals surface area contributed by atoms with E-state index in [0.29, 0.717) is 6.54 Å². The fourth-order valence-electron chi connectivity index (χ4n) is 2.43. The van der Waals surface area contributed by atoms with Crippen LogP contribution in [0, 0.1) is 6.92 Å². The van der Waals surface area contributed by atoms with Crippen LogP contribution in [-0.2, 0) is 0 Å². The van der Waals surface area contributed by atoms with Crippen molar-refractivity contribution in [2.24, 2.45) is 5.73 Å². The van der Waals surface area contributed by atoms with Crippen molar-refractivity contribution in [3.05, 3.63) is 58.4 Å². The van der Waals surface area contributed by atoms with Crippen LogP contribution in [0.2, 0.25) is 0 Å². The fourth-order valence-corrected chi connectivity index (χ4v) is 3.14. The highest BCUT2D eigenvalue weighted by atomic mass is 32.1. The SMILES string of the molecule is Cc1ccc2c(ccn2C(CN)c2ccsc2)c1. The fraction of sp³-hybridized carbons (Fsp3) is 0.200. The first kappa shape index (κ1) is 11.5. The molecule has 0 fully saturated rings. The Balaban J connectivity index is 2.13. The first-order chi connectivity index (χ1) is 8.79. The van der Waals surface area contributed by atoms with E-state index in [0.717, 1.165) is 0 Å². The summed E-state index contributed by atoms with van der Waals surface area (Å²) in [4.78, 5) is 0. The molecule has 0 aliphatic heterocycles. The van der Waals surface area contributed by atoms with Gasteiger partial charge >= 0.3 is 0 Å². The van der Waals surface area contributed by atoms with E-state index in [9.17, 15) is 0 Å². The molecule has 0 aliphatic carbocycles. The minimum Gasteiger partial charge on any atom is -0.339 e. The lowest BCUT2D eigenvalue weighted by Gasteiger charge is -2.17. The highest BCUT2D eigenvalue weighted by molar-refractivity contribution is 7.07. The summed E-state index contributed by atoms with van der Waals surface area (Å²) < 4.78 is 2.27. The smallest absolute Gasteiger partial charge is 0.0716 e. The van der Waals surface area contributed by atoms with Crippen molar-refractivity contribution in [3.8, 4) is 0 Å². The Morgan fingerprint density at radius 3 is 2.89 bits per heavy atom. The van der Waals surface area contributed by atoms with Gasteiger partial charge in [0, 0.05) is 18.3 Å². The van der Waals surface area contributed by atoms with Gasteiger partial charge in [0.2, 0.25) is 0 Å². The van der Waals surface area contributed by atoms with Crippen LogP contribution < -0.4 is 5.73 Å². The van der Waals surface area contributed by atoms with Crippen LogP contribution in [-0.4, -0.2) is 11.1 Å². The molecule has 0 saturated heterocycles. The lowest BCUT2D eigenvalue weighted by atomic mass is 10.1. The minimum absolute atomic E-state index is 0.233. The molecule has 0 amide bonds. The monoisotopic (exact) mass is 256 g/mol. The molecule has 1 aromatic carbocycles. The number of benzene rings is 1. The molecule has 92 valence electrons. The summed E-state index contributed by atoms with van der Waals surface area (Å²) in [6.07, 6.45) is 2.14. The highest BCUT2D eigenvalue weighted by Crippen LogP contribution is 2.26. The van der Waals surface area contributed by atoms with Crippen LogP contribution >= 0.6 is 11.3 Å². The molecule has 0 saturated carbocycles. The van der Waals surface area contributed by atoms with Crippen molar-refractivity contribution < 1.29 is 0 Å². The molecule has 3 heteroatoms. The lowest BCUT2D eigenvalue weighted by molar-refractivity contribution is 0.617. The molecule has 2 heterocycles. The van der Waals surface area contributed by atoms with E-state index in [1.54, 1.807) is 11.3 Å². The first-order valence-corrected chi connectivity index (χ1v) is 7.03. The topological polar surface area (TPSA) is 30.9 Å². The van der Waals surface area contributed by atoms with Crippen molar-refractivity contribution >= 4 is 22.2 Å². The molecule has 2 aromatic heterocycles. The van der Waals surface area contributed by atoms with E-state index >= 15 is 0 Å². The molecule has 2 N–H and O–H groups in total. The summed E-state index contributed by atoms with van der Waals surface area (Å²) in [6.45, 7) is 2.74. The normalized spacial score (nSPS) is 13.0. The summed E-state index contributed by atoms with van der Waals surface area (Å²) in [7, 11) is 0. The molecule has 3 rings (SSSR count). The summed E-state index contributed by atoms with van der Waals surface area (Å²) >= 11 is 1.72. The zero-order valence-corrected chi connectivity index (χ0v) is 11.2. The van der Waals surface area contributed by atoms with Crippen LogP contribution in [0.3, 0.4) is 0 Å². The van der Waals surface area contributed by atoms with Gasteiger partial charge in [0.15, 0.2) is 0 Å². The molecule has 1 atom stereocenters. The van der Waals surface area contributed by atoms with Crippen molar-refractivity contribution in [2.45, 2.75) is 13.0 Å². The quantitative estimate of drug-likeness (QED) is 0.763. The second kappa shape index (κ2) is 4.59. The van der Waals surface area contributed by atoms with Crippen molar-refractivity contribution in [3.63, 3.8) is 0 Å². The highest BCUT2D eigenvalue weighted by Gasteiger charge is 2.14. The third kappa shape index (κ3) is 1.85. The third-order valence-electron chi connectivity index (χ3n) is 3.36. The average molecular weight is 256 g/mol. The second-order valence-electron chi connectivity index (χ2n) is 4.59. The van der Waals surface area contributed by atoms with Crippen LogP contribution in [0.1, 0.15) is 17.2 Å². The van der Waals surface area contributed by atoms with Gasteiger partial charge in [-0.1, -0.05) is 11.6 Å². The standard InChI is InChI=1S/C15H16N2S/c1-11-2-3-14-12(8-11)4-6-17(14)15(9-16)13-5-7-18-10-13/h2-8,10,15H,9,16H2,1H3. The first-order valence-electron chi connectivity index (χ1n) is 6.09. The molecule has 0 spiro atoms. The Morgan fingerprint density at radius 2 is 2.17 bits per heavy atom. The summed E-state index contributed by atoms with van der Waals surface area (Å²) in [5.41, 5.74) is 9.80. The second-order valence-corrected chi connectivity index (χ2v) is 5.37. The number of aromatic nitrogens is 1. The molecular weight excluding hydrogens is 240 g/mol. The summed E-state index contributed by atoms with van der Waals surface area (Å²) in [5.74, 6) is 0. The molecule has 0 aliphatic rings. The van der Waals surface area contributed by atoms with Gasteiger partial charge in [-0.25, -0.2) is 0 Å². The maximum atomic E-state index is 5.96. The maximum absolute atomic E-state index is 5.96. The molecule has 18 heavy (non-hydrogen) atoms. The number of rotatable bonds is 3. The van der Waals surface area contributed by atoms with Crippen LogP contribution in [0.15, 0.2) is 47.3 Å². The van der Waals surface area contributed by atoms with Gasteiger partial charge in [-0.05, 0) is 52.9 Å². The van der Waals surface area contributed by atoms with Crippen molar-refractivity contribution in [2.75, 3.05) is 6.54 Å². The predicted octanol–water partition coefficient (Wildman–Crippen LogP) is 3.56. The number of fused-ring (bicyclic) bond motifs is 1. The van der Waals surface area contributed by atoms with Gasteiger partial charge in [-0.3, -0.25) is 0 Å². The van der Waals surface area contributed by atoms with Gasteiger partial charge < -0.3 is 10.3 Å². The van der Waals surface area contributed by atoms with Crippen LogP contribution in [0.25, 0.3) is 10.9 Å². The number of nitrogens with zero attached hydrogens (tertiary/aromatic N) is 1. The zero-order chi connectivity index (χ0) is 12.5. The Hall–Kier alpha value is -1.58. The number of hydrogen-bond donors (Lipinski definition) is 1. The number of hydrogen-bond acceptors (Lipinski definition) is 2. The van der Waals surface area contributed by atoms with E-state index in [2.05, 4.69) is 58.8 Å². The number of aryl methyl sites for hydroxylation is 1. The summed E-state index contributed by atoms with van der Waals surface area (Å²) in [5, 5.41) is 5.56. The Bertz CT molecular complexity index is 652. The Kier molecular flexibility index (Phi) is 2.94. The van der Waals surface area contributed by atoms with Crippen molar-refractivity contribution in [1.29, 1.82) is 0 Å². The molecule has 3 aromatic rings. The van der Waals surface area contributed by atoms with E-state index in [-0.39, 0.29) is 6.04 Å². The minimum atomic E-state index is 0.233. The molecular formula is C15H16N2S. The number of nitrogens with two attached hydrogens (primary N) is 1. The van der Waals surface area contributed by atoms with Gasteiger partial charge in [0.1, 0.15) is 0 Å². The Labute approximate surface area is 111 Å². The van der Waals surface area contributed by atoms with E-state index in [4.69, 9.17) is 5.73 Å². The van der Waals surface area contributed by atoms with Gasteiger partial charge in [0.05, 0.1) is 6.04 Å². The molecule has 2 nitrogen and oxygen atoms in total. The molecule has 1 unspecified atom stereocenters. The zero-order valence-electron chi connectivity index (χ0n) is 10.3. The van der Waals surface area contributed by atoms with Crippen molar-refractivity contribution in [1.82, 2.24) is 4.57 Å². The Morgan fingerprint density at radius 1 is 1.28 bits per heavy atom. The van der Waals surface area contributed by atoms with E-state index < -0.39 is 0 Å². The van der Waals surface area contributed by atoms with Gasteiger partial charge in [0.25, 0.3) is 0 Å². The van der Waals surface area contributed by atoms with Crippen LogP contribution in [0.5, 0.6) is 0 Å². The summed E-state index contributed by atoms with van der Waals surface area (Å²) in [6, 6.07) is 11.1. The largest absolute Gasteiger partial charge is 0.339 e. The van der Waals surface area contributed by atoms with Gasteiger partial charge in [-0.15, -0.1) is 0 Å². The molecule has 0 radical (unpaired) electrons. The number of thiophene rings is 1. The maximum Gasteiger partial charge on any atom is 0.0716 e. The van der Waals surface area contributed by atoms with E-state index in [1.165, 1.54) is 22.0 Å². The van der Waals surface area contributed by atoms with Gasteiger partial charge in [-0.2, -0.15) is 11.3 Å². The molecule has 0 bridgehead atoms. The average Bonchev–Trinajstić information content (AvgIpc) is 3.00. The lowest BCUT2D eigenvalue weighted by Crippen LogP contribution is -2.19. The predicted molar refractivity (Wildman–Crippen MR) is 78.2 cm³/mol. The third-order valence-corrected chi connectivity index (χ3v) is 4.06. The van der Waals surface area contributed by atoms with E-state index in [1.807, 2.05) is 0 Å². The van der Waals surface area contributed by atoms with Crippen LogP contribution in [0.4, 0.5) is 0 Å².